The van der Waals surface area contributed by atoms with Gasteiger partial charge in [-0.25, -0.2) is 0 Å². The van der Waals surface area contributed by atoms with E-state index in [-0.39, 0.29) is 75.2 Å². The van der Waals surface area contributed by atoms with Crippen molar-refractivity contribution in [3.63, 3.8) is 0 Å². The third kappa shape index (κ3) is 10.5. The average molecular weight is 439 g/mol. The summed E-state index contributed by atoms with van der Waals surface area (Å²) in [5.41, 5.74) is -1.66. The SMILES string of the molecule is CCOP(=O)(OCC)C(NC(=O)CCCC(=O)[O-])P(=O)(OCC)OCC.[Na+]. The molecule has 1 N–H and O–H groups in total. The molecule has 0 unspecified atom stereocenters. The predicted octanol–water partition coefficient (Wildman–Crippen LogP) is -1.16. The Morgan fingerprint density at radius 1 is 0.852 bits per heavy atom. The summed E-state index contributed by atoms with van der Waals surface area (Å²) in [7, 11) is -8.18. The number of amides is 1. The molecule has 0 aliphatic carbocycles. The van der Waals surface area contributed by atoms with Crippen LogP contribution in [0.2, 0.25) is 0 Å². The fourth-order valence-corrected chi connectivity index (χ4v) is 6.96. The Hall–Kier alpha value is 0.240. The normalized spacial score (nSPS) is 11.9. The minimum absolute atomic E-state index is 0. The van der Waals surface area contributed by atoms with Crippen molar-refractivity contribution in [2.24, 2.45) is 0 Å². The Labute approximate surface area is 182 Å². The quantitative estimate of drug-likeness (QED) is 0.247. The number of carbonyl (C=O) groups excluding carboxylic acids is 2. The molecule has 0 aromatic carbocycles. The molecule has 0 radical (unpaired) electrons. The summed E-state index contributed by atoms with van der Waals surface area (Å²) in [6, 6.07) is 0. The molecule has 0 aromatic rings. The number of rotatable bonds is 15. The first-order valence-corrected chi connectivity index (χ1v) is 11.7. The number of hydrogen-bond acceptors (Lipinski definition) is 9. The number of carboxylic acids is 1. The Balaban J connectivity index is 0. The van der Waals surface area contributed by atoms with Crippen molar-refractivity contribution in [3.05, 3.63) is 0 Å². The molecule has 0 saturated carbocycles. The summed E-state index contributed by atoms with van der Waals surface area (Å²) in [5, 5.41) is 12.8. The second kappa shape index (κ2) is 15.1. The van der Waals surface area contributed by atoms with E-state index >= 15 is 0 Å². The molecule has 0 saturated heterocycles. The molecular weight excluding hydrogens is 411 g/mol. The zero-order valence-electron chi connectivity index (χ0n) is 16.6. The van der Waals surface area contributed by atoms with Crippen molar-refractivity contribution < 1.29 is 71.5 Å². The van der Waals surface area contributed by atoms with E-state index in [9.17, 15) is 23.8 Å². The van der Waals surface area contributed by atoms with Crippen LogP contribution in [0.4, 0.5) is 0 Å². The summed E-state index contributed by atoms with van der Waals surface area (Å²) in [6.45, 7) is 6.18. The van der Waals surface area contributed by atoms with E-state index in [1.807, 2.05) is 0 Å². The monoisotopic (exact) mass is 439 g/mol. The zero-order chi connectivity index (χ0) is 20.2. The minimum atomic E-state index is -4.09. The number of hydrogen-bond donors (Lipinski definition) is 1. The van der Waals surface area contributed by atoms with E-state index in [0.717, 1.165) is 0 Å². The number of carbonyl (C=O) groups is 2. The molecule has 0 aliphatic heterocycles. The Kier molecular flexibility index (Phi) is 16.5. The van der Waals surface area contributed by atoms with Gasteiger partial charge in [0.15, 0.2) is 0 Å². The fourth-order valence-electron chi connectivity index (χ4n) is 2.02. The molecule has 154 valence electrons. The maximum Gasteiger partial charge on any atom is 1.00 e. The number of carboxylic acid groups (broad SMARTS) is 1. The molecular formula is C14H28NNaO9P2. The third-order valence-corrected chi connectivity index (χ3v) is 8.54. The largest absolute Gasteiger partial charge is 1.00 e. The molecule has 0 aliphatic rings. The number of aliphatic carboxylic acids is 1. The summed E-state index contributed by atoms with van der Waals surface area (Å²) in [6.07, 6.45) is -0.524. The molecule has 1 amide bonds. The van der Waals surface area contributed by atoms with Gasteiger partial charge in [0.2, 0.25) is 11.4 Å². The predicted molar refractivity (Wildman–Crippen MR) is 92.5 cm³/mol. The molecule has 0 bridgehead atoms. The van der Waals surface area contributed by atoms with Gasteiger partial charge in [-0.2, -0.15) is 0 Å². The molecule has 0 rings (SSSR count). The van der Waals surface area contributed by atoms with E-state index in [1.54, 1.807) is 27.7 Å². The van der Waals surface area contributed by atoms with Crippen LogP contribution in [0.3, 0.4) is 0 Å². The van der Waals surface area contributed by atoms with Crippen LogP contribution in [0.15, 0.2) is 0 Å². The van der Waals surface area contributed by atoms with E-state index in [2.05, 4.69) is 5.32 Å². The summed E-state index contributed by atoms with van der Waals surface area (Å²) < 4.78 is 47.1. The summed E-state index contributed by atoms with van der Waals surface area (Å²) in [5.74, 6) is -1.98. The van der Waals surface area contributed by atoms with Crippen molar-refractivity contribution in [1.29, 1.82) is 0 Å². The van der Waals surface area contributed by atoms with Gasteiger partial charge >= 0.3 is 44.7 Å². The summed E-state index contributed by atoms with van der Waals surface area (Å²) >= 11 is 0. The van der Waals surface area contributed by atoms with E-state index in [1.165, 1.54) is 0 Å². The van der Waals surface area contributed by atoms with Crippen LogP contribution < -0.4 is 40.0 Å². The van der Waals surface area contributed by atoms with Gasteiger partial charge in [0.25, 0.3) is 0 Å². The first-order chi connectivity index (χ1) is 12.2. The first-order valence-electron chi connectivity index (χ1n) is 8.45. The molecule has 27 heavy (non-hydrogen) atoms. The topological polar surface area (TPSA) is 140 Å². The first kappa shape index (κ1) is 29.4. The van der Waals surface area contributed by atoms with Crippen molar-refractivity contribution in [1.82, 2.24) is 5.32 Å². The molecule has 0 atom stereocenters. The van der Waals surface area contributed by atoms with Crippen molar-refractivity contribution in [2.45, 2.75) is 52.5 Å². The van der Waals surface area contributed by atoms with Crippen molar-refractivity contribution in [2.75, 3.05) is 26.4 Å². The van der Waals surface area contributed by atoms with Crippen LogP contribution >= 0.6 is 15.2 Å². The van der Waals surface area contributed by atoms with Crippen LogP contribution in [0, 0.1) is 0 Å². The molecule has 0 heterocycles. The van der Waals surface area contributed by atoms with Gasteiger partial charge in [-0.3, -0.25) is 13.9 Å². The van der Waals surface area contributed by atoms with E-state index < -0.39 is 32.6 Å². The molecule has 0 fully saturated rings. The van der Waals surface area contributed by atoms with Crippen LogP contribution in [0.1, 0.15) is 47.0 Å². The van der Waals surface area contributed by atoms with Crippen LogP contribution in [0.25, 0.3) is 0 Å². The zero-order valence-corrected chi connectivity index (χ0v) is 20.4. The maximum atomic E-state index is 13.1. The number of nitrogens with one attached hydrogen (secondary N) is 1. The van der Waals surface area contributed by atoms with Gasteiger partial charge in [-0.1, -0.05) is 0 Å². The van der Waals surface area contributed by atoms with Crippen molar-refractivity contribution >= 4 is 27.1 Å². The third-order valence-electron chi connectivity index (χ3n) is 2.91. The Morgan fingerprint density at radius 2 is 1.22 bits per heavy atom. The van der Waals surface area contributed by atoms with Crippen LogP contribution in [-0.2, 0) is 36.8 Å². The molecule has 10 nitrogen and oxygen atoms in total. The smallest absolute Gasteiger partial charge is 0.550 e. The minimum Gasteiger partial charge on any atom is -0.550 e. The Bertz CT molecular complexity index is 497. The average Bonchev–Trinajstić information content (AvgIpc) is 2.53. The van der Waals surface area contributed by atoms with E-state index in [0.29, 0.717) is 0 Å². The van der Waals surface area contributed by atoms with Crippen LogP contribution in [0.5, 0.6) is 0 Å². The maximum absolute atomic E-state index is 13.1. The van der Waals surface area contributed by atoms with Crippen molar-refractivity contribution in [3.8, 4) is 0 Å². The van der Waals surface area contributed by atoms with Gasteiger partial charge in [0.05, 0.1) is 26.4 Å². The van der Waals surface area contributed by atoms with Crippen LogP contribution in [-0.4, -0.2) is 43.8 Å². The van der Waals surface area contributed by atoms with Gasteiger partial charge in [-0.15, -0.1) is 0 Å². The molecule has 13 heteroatoms. The van der Waals surface area contributed by atoms with Gasteiger partial charge in [0.1, 0.15) is 0 Å². The van der Waals surface area contributed by atoms with Gasteiger partial charge < -0.3 is 33.3 Å². The summed E-state index contributed by atoms with van der Waals surface area (Å²) in [4.78, 5) is 22.6. The van der Waals surface area contributed by atoms with Gasteiger partial charge in [-0.05, 0) is 40.5 Å². The second-order valence-corrected chi connectivity index (χ2v) is 9.55. The fraction of sp³-hybridized carbons (Fsp3) is 0.857. The van der Waals surface area contributed by atoms with E-state index in [4.69, 9.17) is 18.1 Å². The molecule has 0 spiro atoms. The Morgan fingerprint density at radius 3 is 1.52 bits per heavy atom. The van der Waals surface area contributed by atoms with Gasteiger partial charge in [0, 0.05) is 12.4 Å². The molecule has 0 aromatic heterocycles. The second-order valence-electron chi connectivity index (χ2n) is 4.92. The standard InChI is InChI=1S/C14H29NO9P2.Na/c1-5-21-25(19,22-6-2)14(26(20,23-7-3)24-8-4)15-12(16)10-9-11-13(17)18;/h14H,5-11H2,1-4H3,(H,15,16)(H,17,18);/q;+1/p-1.